The van der Waals surface area contributed by atoms with Gasteiger partial charge in [-0.3, -0.25) is 4.79 Å². The second-order valence-corrected chi connectivity index (χ2v) is 8.23. The van der Waals surface area contributed by atoms with E-state index in [-0.39, 0.29) is 12.5 Å². The Bertz CT molecular complexity index is 982. The molecule has 8 nitrogen and oxygen atoms in total. The van der Waals surface area contributed by atoms with Crippen molar-refractivity contribution >= 4 is 23.2 Å². The van der Waals surface area contributed by atoms with E-state index in [1.807, 2.05) is 18.2 Å². The summed E-state index contributed by atoms with van der Waals surface area (Å²) in [5.41, 5.74) is 2.89. The number of likely N-dealkylation sites (N-methyl/N-ethyl adjacent to an activating group) is 1. The molecule has 0 aromatic heterocycles. The van der Waals surface area contributed by atoms with Crippen LogP contribution in [0.4, 0.5) is 5.69 Å². The first-order valence-corrected chi connectivity index (χ1v) is 10.3. The van der Waals surface area contributed by atoms with Crippen LogP contribution in [0.5, 0.6) is 5.75 Å². The number of halogens is 1. The molecule has 0 aliphatic carbocycles. The predicted molar refractivity (Wildman–Crippen MR) is 112 cm³/mol. The molecule has 2 aromatic carbocycles. The smallest absolute Gasteiger partial charge is 0.264 e. The average molecular weight is 450 g/mol. The topological polar surface area (TPSA) is 120 Å². The lowest BCUT2D eigenvalue weighted by Crippen LogP contribution is -2.55. The SMILES string of the molecule is CN1C(=O)COc2ccc(Cc3cc([C@@H]4O[C@H](CO)[C@@H](O)[C@H](O)[C@@H]4O)ccc3Cl)cc21. The van der Waals surface area contributed by atoms with Gasteiger partial charge in [-0.25, -0.2) is 0 Å². The van der Waals surface area contributed by atoms with Crippen LogP contribution in [0.3, 0.4) is 0 Å². The Labute approximate surface area is 184 Å². The van der Waals surface area contributed by atoms with Crippen molar-refractivity contribution in [1.29, 1.82) is 0 Å². The van der Waals surface area contributed by atoms with Crippen molar-refractivity contribution in [3.8, 4) is 5.75 Å². The van der Waals surface area contributed by atoms with Gasteiger partial charge in [-0.1, -0.05) is 29.8 Å². The van der Waals surface area contributed by atoms with E-state index in [0.29, 0.717) is 28.4 Å². The first-order valence-electron chi connectivity index (χ1n) is 9.91. The van der Waals surface area contributed by atoms with Gasteiger partial charge in [0.1, 0.15) is 36.3 Å². The predicted octanol–water partition coefficient (Wildman–Crippen LogP) is 0.801. The fourth-order valence-corrected chi connectivity index (χ4v) is 4.12. The molecule has 2 aliphatic rings. The Morgan fingerprint density at radius 3 is 2.61 bits per heavy atom. The standard InChI is InChI=1S/C22H24ClNO7/c1-24-15-7-11(2-5-16(15)30-10-18(24)26)6-13-8-12(3-4-14(13)23)22-21(29)20(28)19(27)17(9-25)31-22/h2-5,7-8,17,19-22,25,27-29H,6,9-10H2,1H3/t17-,19-,20+,21+,22+/m1/s1. The highest BCUT2D eigenvalue weighted by atomic mass is 35.5. The lowest BCUT2D eigenvalue weighted by Gasteiger charge is -2.40. The maximum Gasteiger partial charge on any atom is 0.264 e. The highest BCUT2D eigenvalue weighted by Gasteiger charge is 2.44. The van der Waals surface area contributed by atoms with Crippen LogP contribution in [0.15, 0.2) is 36.4 Å². The van der Waals surface area contributed by atoms with E-state index >= 15 is 0 Å². The molecule has 2 aliphatic heterocycles. The summed E-state index contributed by atoms with van der Waals surface area (Å²) in [5, 5.41) is 40.4. The monoisotopic (exact) mass is 449 g/mol. The summed E-state index contributed by atoms with van der Waals surface area (Å²) >= 11 is 6.40. The van der Waals surface area contributed by atoms with Gasteiger partial charge in [0.15, 0.2) is 6.61 Å². The first-order chi connectivity index (χ1) is 14.8. The number of aliphatic hydroxyl groups excluding tert-OH is 4. The molecule has 2 heterocycles. The number of aliphatic hydroxyl groups is 4. The summed E-state index contributed by atoms with van der Waals surface area (Å²) < 4.78 is 11.1. The number of carbonyl (C=O) groups is 1. The van der Waals surface area contributed by atoms with Crippen LogP contribution < -0.4 is 9.64 Å². The van der Waals surface area contributed by atoms with E-state index in [9.17, 15) is 25.2 Å². The van der Waals surface area contributed by atoms with Gasteiger partial charge in [0.2, 0.25) is 0 Å². The third kappa shape index (κ3) is 4.15. The van der Waals surface area contributed by atoms with Crippen LogP contribution in [-0.2, 0) is 16.0 Å². The summed E-state index contributed by atoms with van der Waals surface area (Å²) in [6.07, 6.45) is -5.72. The van der Waals surface area contributed by atoms with Crippen molar-refractivity contribution in [2.45, 2.75) is 36.9 Å². The minimum atomic E-state index is -1.45. The van der Waals surface area contributed by atoms with Gasteiger partial charge in [0.25, 0.3) is 5.91 Å². The molecule has 2 aromatic rings. The van der Waals surface area contributed by atoms with Crippen LogP contribution >= 0.6 is 11.6 Å². The van der Waals surface area contributed by atoms with Gasteiger partial charge < -0.3 is 34.8 Å². The molecule has 4 N–H and O–H groups in total. The molecular weight excluding hydrogens is 426 g/mol. The number of ether oxygens (including phenoxy) is 2. The number of rotatable bonds is 4. The van der Waals surface area contributed by atoms with E-state index in [1.54, 1.807) is 30.1 Å². The molecule has 31 heavy (non-hydrogen) atoms. The summed E-state index contributed by atoms with van der Waals surface area (Å²) in [6, 6.07) is 10.7. The molecule has 0 unspecified atom stereocenters. The lowest BCUT2D eigenvalue weighted by molar-refractivity contribution is -0.231. The maximum atomic E-state index is 11.9. The summed E-state index contributed by atoms with van der Waals surface area (Å²) in [4.78, 5) is 13.5. The Balaban J connectivity index is 1.61. The summed E-state index contributed by atoms with van der Waals surface area (Å²) in [7, 11) is 1.69. The fraction of sp³-hybridized carbons (Fsp3) is 0.409. The van der Waals surface area contributed by atoms with Crippen LogP contribution in [0.2, 0.25) is 5.02 Å². The van der Waals surface area contributed by atoms with E-state index < -0.39 is 37.1 Å². The number of fused-ring (bicyclic) bond motifs is 1. The lowest BCUT2D eigenvalue weighted by atomic mass is 9.90. The van der Waals surface area contributed by atoms with Crippen LogP contribution in [0, 0.1) is 0 Å². The molecule has 1 fully saturated rings. The Hall–Kier alpha value is -2.20. The number of carbonyl (C=O) groups excluding carboxylic acids is 1. The van der Waals surface area contributed by atoms with Crippen molar-refractivity contribution in [2.75, 3.05) is 25.2 Å². The van der Waals surface area contributed by atoms with E-state index in [2.05, 4.69) is 0 Å². The van der Waals surface area contributed by atoms with E-state index in [1.165, 1.54) is 0 Å². The highest BCUT2D eigenvalue weighted by molar-refractivity contribution is 6.31. The minimum absolute atomic E-state index is 0.00974. The number of hydrogen-bond donors (Lipinski definition) is 4. The van der Waals surface area contributed by atoms with Crippen LogP contribution in [0.1, 0.15) is 22.8 Å². The quantitative estimate of drug-likeness (QED) is 0.545. The van der Waals surface area contributed by atoms with Gasteiger partial charge in [0.05, 0.1) is 12.3 Å². The van der Waals surface area contributed by atoms with Crippen molar-refractivity contribution in [3.05, 3.63) is 58.1 Å². The third-order valence-corrected chi connectivity index (χ3v) is 6.16. The average Bonchev–Trinajstić information content (AvgIpc) is 2.77. The number of amides is 1. The normalized spacial score (nSPS) is 28.3. The maximum absolute atomic E-state index is 11.9. The van der Waals surface area contributed by atoms with E-state index in [0.717, 1.165) is 11.1 Å². The zero-order chi connectivity index (χ0) is 22.3. The minimum Gasteiger partial charge on any atom is -0.482 e. The molecule has 5 atom stereocenters. The Morgan fingerprint density at radius 1 is 1.10 bits per heavy atom. The fourth-order valence-electron chi connectivity index (χ4n) is 3.93. The zero-order valence-corrected chi connectivity index (χ0v) is 17.6. The number of nitrogens with zero attached hydrogens (tertiary/aromatic N) is 1. The second-order valence-electron chi connectivity index (χ2n) is 7.82. The van der Waals surface area contributed by atoms with Crippen LogP contribution in [-0.4, -0.2) is 71.0 Å². The van der Waals surface area contributed by atoms with Gasteiger partial charge in [-0.2, -0.15) is 0 Å². The molecule has 1 saturated heterocycles. The summed E-state index contributed by atoms with van der Waals surface area (Å²) in [5.74, 6) is 0.499. The van der Waals surface area contributed by atoms with Crippen LogP contribution in [0.25, 0.3) is 0 Å². The molecule has 0 bridgehead atoms. The van der Waals surface area contributed by atoms with Gasteiger partial charge in [-0.05, 0) is 41.3 Å². The number of hydrogen-bond acceptors (Lipinski definition) is 7. The highest BCUT2D eigenvalue weighted by Crippen LogP contribution is 2.36. The van der Waals surface area contributed by atoms with Gasteiger partial charge in [-0.15, -0.1) is 0 Å². The molecule has 0 spiro atoms. The molecule has 0 radical (unpaired) electrons. The zero-order valence-electron chi connectivity index (χ0n) is 16.8. The van der Waals surface area contributed by atoms with Crippen molar-refractivity contribution in [3.63, 3.8) is 0 Å². The van der Waals surface area contributed by atoms with Crippen molar-refractivity contribution in [1.82, 2.24) is 0 Å². The molecule has 0 saturated carbocycles. The van der Waals surface area contributed by atoms with Gasteiger partial charge in [0, 0.05) is 12.1 Å². The second kappa shape index (κ2) is 8.74. The Morgan fingerprint density at radius 2 is 1.87 bits per heavy atom. The molecule has 4 rings (SSSR count). The van der Waals surface area contributed by atoms with Gasteiger partial charge >= 0.3 is 0 Å². The van der Waals surface area contributed by atoms with Crippen molar-refractivity contribution in [2.24, 2.45) is 0 Å². The largest absolute Gasteiger partial charge is 0.482 e. The molecule has 166 valence electrons. The molecule has 9 heteroatoms. The number of benzene rings is 2. The molecule has 1 amide bonds. The Kier molecular flexibility index (Phi) is 6.20. The summed E-state index contributed by atoms with van der Waals surface area (Å²) in [6.45, 7) is -0.485. The first kappa shape index (κ1) is 22.0. The number of anilines is 1. The van der Waals surface area contributed by atoms with E-state index in [4.69, 9.17) is 21.1 Å². The molecular formula is C22H24ClNO7. The third-order valence-electron chi connectivity index (χ3n) is 5.80. The van der Waals surface area contributed by atoms with Crippen molar-refractivity contribution < 1.29 is 34.7 Å².